The molecule has 1 fully saturated rings. The van der Waals surface area contributed by atoms with Crippen molar-refractivity contribution < 1.29 is 4.79 Å². The molecule has 0 saturated carbocycles. The van der Waals surface area contributed by atoms with Gasteiger partial charge in [-0.1, -0.05) is 6.92 Å². The molecule has 0 aliphatic carbocycles. The fraction of sp³-hybridized carbons (Fsp3) is 0.500. The van der Waals surface area contributed by atoms with E-state index >= 15 is 0 Å². The molecule has 2 aromatic rings. The Balaban J connectivity index is 1.84. The summed E-state index contributed by atoms with van der Waals surface area (Å²) in [5, 5.41) is 6.31. The molecule has 2 aromatic heterocycles. The van der Waals surface area contributed by atoms with Crippen LogP contribution in [-0.4, -0.2) is 56.6 Å². The summed E-state index contributed by atoms with van der Waals surface area (Å²) in [4.78, 5) is 37.0. The van der Waals surface area contributed by atoms with Gasteiger partial charge in [0.2, 0.25) is 0 Å². The molecule has 0 bridgehead atoms. The lowest BCUT2D eigenvalue weighted by atomic mass is 10.1. The van der Waals surface area contributed by atoms with Crippen molar-refractivity contribution in [3.8, 4) is 0 Å². The number of nitrogens with zero attached hydrogens (tertiary/aromatic N) is 5. The molecule has 1 saturated heterocycles. The van der Waals surface area contributed by atoms with Crippen LogP contribution >= 0.6 is 0 Å². The molecule has 1 aliphatic heterocycles. The second-order valence-corrected chi connectivity index (χ2v) is 7.10. The summed E-state index contributed by atoms with van der Waals surface area (Å²) >= 11 is 0. The number of anilines is 1. The quantitative estimate of drug-likeness (QED) is 0.868. The van der Waals surface area contributed by atoms with Gasteiger partial charge in [0.1, 0.15) is 17.8 Å². The van der Waals surface area contributed by atoms with Crippen LogP contribution in [0, 0.1) is 19.8 Å². The second kappa shape index (κ2) is 7.23. The van der Waals surface area contributed by atoms with Crippen LogP contribution in [0.5, 0.6) is 0 Å². The molecule has 3 heterocycles. The van der Waals surface area contributed by atoms with Gasteiger partial charge in [-0.3, -0.25) is 9.59 Å². The van der Waals surface area contributed by atoms with E-state index in [2.05, 4.69) is 38.9 Å². The van der Waals surface area contributed by atoms with Gasteiger partial charge in [0.05, 0.1) is 0 Å². The number of carbonyl (C=O) groups is 1. The van der Waals surface area contributed by atoms with Crippen molar-refractivity contribution in [3.05, 3.63) is 45.8 Å². The maximum absolute atomic E-state index is 12.9. The third-order valence-corrected chi connectivity index (χ3v) is 4.64. The van der Waals surface area contributed by atoms with Crippen molar-refractivity contribution in [2.24, 2.45) is 5.92 Å². The van der Waals surface area contributed by atoms with Gasteiger partial charge in [0.15, 0.2) is 0 Å². The van der Waals surface area contributed by atoms with Crippen LogP contribution < -0.4 is 10.5 Å². The maximum Gasteiger partial charge on any atom is 0.274 e. The Bertz CT molecular complexity index is 865. The topological polar surface area (TPSA) is 95.1 Å². The molecule has 0 radical (unpaired) electrons. The first kappa shape index (κ1) is 18.0. The van der Waals surface area contributed by atoms with Gasteiger partial charge in [0, 0.05) is 43.0 Å². The molecule has 1 aliphatic rings. The summed E-state index contributed by atoms with van der Waals surface area (Å²) in [5.74, 6) is 0.982. The largest absolute Gasteiger partial charge is 0.352 e. The van der Waals surface area contributed by atoms with Gasteiger partial charge in [-0.2, -0.15) is 5.10 Å². The van der Waals surface area contributed by atoms with E-state index in [-0.39, 0.29) is 29.1 Å². The van der Waals surface area contributed by atoms with Crippen LogP contribution in [0.4, 0.5) is 5.82 Å². The van der Waals surface area contributed by atoms with Crippen molar-refractivity contribution in [1.29, 1.82) is 0 Å². The first-order chi connectivity index (χ1) is 12.3. The molecule has 3 rings (SSSR count). The molecule has 2 unspecified atom stereocenters. The summed E-state index contributed by atoms with van der Waals surface area (Å²) in [6, 6.07) is 3.61. The number of aryl methyl sites for hydroxylation is 2. The highest BCUT2D eigenvalue weighted by Crippen LogP contribution is 2.21. The van der Waals surface area contributed by atoms with Gasteiger partial charge >= 0.3 is 0 Å². The molecule has 2 atom stereocenters. The maximum atomic E-state index is 12.9. The van der Waals surface area contributed by atoms with Crippen LogP contribution in [0.1, 0.15) is 35.6 Å². The van der Waals surface area contributed by atoms with E-state index < -0.39 is 0 Å². The van der Waals surface area contributed by atoms with E-state index in [0.29, 0.717) is 18.7 Å². The highest BCUT2D eigenvalue weighted by atomic mass is 16.2. The number of aromatic amines is 1. The summed E-state index contributed by atoms with van der Waals surface area (Å²) in [6.07, 6.45) is 1.57. The Hall–Kier alpha value is -2.77. The van der Waals surface area contributed by atoms with Crippen LogP contribution in [0.15, 0.2) is 23.3 Å². The van der Waals surface area contributed by atoms with Crippen molar-refractivity contribution in [1.82, 2.24) is 25.1 Å². The smallest absolute Gasteiger partial charge is 0.274 e. The molecular weight excluding hydrogens is 332 g/mol. The van der Waals surface area contributed by atoms with E-state index in [9.17, 15) is 9.59 Å². The minimum atomic E-state index is -0.274. The minimum absolute atomic E-state index is 0.0991. The van der Waals surface area contributed by atoms with Crippen molar-refractivity contribution in [3.63, 3.8) is 0 Å². The Morgan fingerprint density at radius 3 is 2.62 bits per heavy atom. The number of amides is 1. The van der Waals surface area contributed by atoms with Gasteiger partial charge in [-0.25, -0.2) is 15.1 Å². The van der Waals surface area contributed by atoms with Gasteiger partial charge in [-0.05, 0) is 32.8 Å². The third-order valence-electron chi connectivity index (χ3n) is 4.64. The van der Waals surface area contributed by atoms with Gasteiger partial charge in [0.25, 0.3) is 11.5 Å². The van der Waals surface area contributed by atoms with Gasteiger partial charge < -0.3 is 9.80 Å². The fourth-order valence-electron chi connectivity index (χ4n) is 3.30. The lowest BCUT2D eigenvalue weighted by molar-refractivity contribution is 0.0734. The Labute approximate surface area is 152 Å². The highest BCUT2D eigenvalue weighted by Gasteiger charge is 2.30. The molecular formula is C18H24N6O2. The summed E-state index contributed by atoms with van der Waals surface area (Å²) in [7, 11) is 0. The van der Waals surface area contributed by atoms with Crippen molar-refractivity contribution >= 4 is 11.7 Å². The Kier molecular flexibility index (Phi) is 5.01. The van der Waals surface area contributed by atoms with E-state index in [1.54, 1.807) is 19.3 Å². The van der Waals surface area contributed by atoms with Crippen molar-refractivity contribution in [2.45, 2.75) is 33.7 Å². The van der Waals surface area contributed by atoms with Crippen LogP contribution in [0.25, 0.3) is 0 Å². The molecule has 1 N–H and O–H groups in total. The lowest BCUT2D eigenvalue weighted by Crippen LogP contribution is -2.42. The molecule has 8 heteroatoms. The number of carbonyl (C=O) groups excluding carboxylic acids is 1. The fourth-order valence-corrected chi connectivity index (χ4v) is 3.30. The van der Waals surface area contributed by atoms with Crippen LogP contribution in [0.2, 0.25) is 0 Å². The number of hydrogen-bond donors (Lipinski definition) is 1. The molecule has 0 aromatic carbocycles. The zero-order valence-corrected chi connectivity index (χ0v) is 15.6. The normalized spacial score (nSPS) is 20.8. The summed E-state index contributed by atoms with van der Waals surface area (Å²) in [6.45, 7) is 9.81. The molecule has 138 valence electrons. The predicted molar refractivity (Wildman–Crippen MR) is 98.2 cm³/mol. The first-order valence-electron chi connectivity index (χ1n) is 8.76. The lowest BCUT2D eigenvalue weighted by Gasteiger charge is -2.30. The van der Waals surface area contributed by atoms with Gasteiger partial charge in [-0.15, -0.1) is 0 Å². The first-order valence-corrected chi connectivity index (χ1v) is 8.76. The number of nitrogens with one attached hydrogen (secondary N) is 1. The monoisotopic (exact) mass is 356 g/mol. The predicted octanol–water partition coefficient (Wildman–Crippen LogP) is 1.16. The van der Waals surface area contributed by atoms with E-state index in [0.717, 1.165) is 18.1 Å². The third kappa shape index (κ3) is 3.74. The highest BCUT2D eigenvalue weighted by molar-refractivity contribution is 5.92. The average Bonchev–Trinajstić information content (AvgIpc) is 2.75. The van der Waals surface area contributed by atoms with Crippen molar-refractivity contribution in [2.75, 3.05) is 24.5 Å². The molecule has 0 spiro atoms. The van der Waals surface area contributed by atoms with Crippen LogP contribution in [-0.2, 0) is 0 Å². The Morgan fingerprint density at radius 1 is 1.15 bits per heavy atom. The zero-order valence-electron chi connectivity index (χ0n) is 15.6. The number of hydrogen-bond acceptors (Lipinski definition) is 6. The number of aromatic nitrogens is 4. The minimum Gasteiger partial charge on any atom is -0.352 e. The molecule has 26 heavy (non-hydrogen) atoms. The SMILES string of the molecule is Cc1cc(N2CC(C)CN(C(=O)c3cc(C)c(=O)[nH]n3)CC2C)ncn1. The van der Waals surface area contributed by atoms with E-state index in [1.165, 1.54) is 0 Å². The number of rotatable bonds is 2. The standard InChI is InChI=1S/C18H24N6O2/c1-11-7-23(18(26)15-5-12(2)17(25)22-21-15)9-14(4)24(8-11)16-6-13(3)19-10-20-16/h5-6,10-11,14H,7-9H2,1-4H3,(H,22,25). The van der Waals surface area contributed by atoms with E-state index in [4.69, 9.17) is 0 Å². The second-order valence-electron chi connectivity index (χ2n) is 7.10. The summed E-state index contributed by atoms with van der Waals surface area (Å²) < 4.78 is 0. The van der Waals surface area contributed by atoms with Crippen LogP contribution in [0.3, 0.4) is 0 Å². The average molecular weight is 356 g/mol. The Morgan fingerprint density at radius 2 is 1.92 bits per heavy atom. The number of H-pyrrole nitrogens is 1. The molecule has 1 amide bonds. The summed E-state index contributed by atoms with van der Waals surface area (Å²) in [5.41, 5.74) is 1.40. The molecule has 8 nitrogen and oxygen atoms in total. The zero-order chi connectivity index (χ0) is 18.8. The van der Waals surface area contributed by atoms with E-state index in [1.807, 2.05) is 17.9 Å².